The van der Waals surface area contributed by atoms with E-state index >= 15 is 0 Å². The quantitative estimate of drug-likeness (QED) is 0.693. The molecule has 0 saturated carbocycles. The van der Waals surface area contributed by atoms with E-state index in [9.17, 15) is 22.8 Å². The smallest absolute Gasteiger partial charge is 0.340 e. The van der Waals surface area contributed by atoms with E-state index in [-0.39, 0.29) is 48.9 Å². The Labute approximate surface area is 186 Å². The van der Waals surface area contributed by atoms with Gasteiger partial charge in [-0.2, -0.15) is 13.2 Å². The highest BCUT2D eigenvalue weighted by atomic mass is 35.5. The number of carbonyl (C=O) groups excluding carboxylic acids is 2. The lowest BCUT2D eigenvalue weighted by atomic mass is 9.88. The topological polar surface area (TPSA) is 64.7 Å². The number of piperazine rings is 1. The van der Waals surface area contributed by atoms with Gasteiger partial charge in [-0.15, -0.1) is 24.8 Å². The van der Waals surface area contributed by atoms with Crippen molar-refractivity contribution in [3.8, 4) is 0 Å². The third-order valence-electron chi connectivity index (χ3n) is 5.47. The molecule has 11 heteroatoms. The van der Waals surface area contributed by atoms with Crippen molar-refractivity contribution in [3.63, 3.8) is 0 Å². The predicted molar refractivity (Wildman–Crippen MR) is 113 cm³/mol. The zero-order chi connectivity index (χ0) is 20.3. The third-order valence-corrected chi connectivity index (χ3v) is 5.47. The maximum Gasteiger partial charge on any atom is 0.418 e. The SMILES string of the molecule is CC(C(=O)N1CCN(CC(=O)Nc2ccccc2C(F)(F)F)CC1)C1CNC1.Cl.Cl. The van der Waals surface area contributed by atoms with Crippen molar-refractivity contribution >= 4 is 42.3 Å². The molecule has 2 fully saturated rings. The van der Waals surface area contributed by atoms with Crippen LogP contribution in [0.3, 0.4) is 0 Å². The molecule has 0 bridgehead atoms. The van der Waals surface area contributed by atoms with Crippen LogP contribution in [-0.2, 0) is 15.8 Å². The third kappa shape index (κ3) is 6.47. The van der Waals surface area contributed by atoms with Gasteiger partial charge in [0.05, 0.1) is 17.8 Å². The van der Waals surface area contributed by atoms with Gasteiger partial charge in [0.15, 0.2) is 0 Å². The minimum Gasteiger partial charge on any atom is -0.340 e. The number of anilines is 1. The zero-order valence-corrected chi connectivity index (χ0v) is 18.2. The van der Waals surface area contributed by atoms with E-state index in [1.54, 1.807) is 0 Å². The summed E-state index contributed by atoms with van der Waals surface area (Å²) in [4.78, 5) is 28.4. The summed E-state index contributed by atoms with van der Waals surface area (Å²) in [6.45, 7) is 5.78. The fourth-order valence-electron chi connectivity index (χ4n) is 3.51. The largest absolute Gasteiger partial charge is 0.418 e. The number of hydrogen-bond donors (Lipinski definition) is 2. The second kappa shape index (κ2) is 11.2. The van der Waals surface area contributed by atoms with Gasteiger partial charge in [-0.25, -0.2) is 0 Å². The second-order valence-corrected chi connectivity index (χ2v) is 7.40. The van der Waals surface area contributed by atoms with Gasteiger partial charge >= 0.3 is 6.18 Å². The molecule has 3 rings (SSSR count). The van der Waals surface area contributed by atoms with Gasteiger partial charge in [-0.3, -0.25) is 14.5 Å². The molecule has 6 nitrogen and oxygen atoms in total. The highest BCUT2D eigenvalue weighted by molar-refractivity contribution is 5.93. The number of halogens is 5. The Kier molecular flexibility index (Phi) is 9.87. The molecule has 170 valence electrons. The van der Waals surface area contributed by atoms with Crippen molar-refractivity contribution in [1.82, 2.24) is 15.1 Å². The molecule has 30 heavy (non-hydrogen) atoms. The Balaban J connectivity index is 0.00000225. The summed E-state index contributed by atoms with van der Waals surface area (Å²) in [6.07, 6.45) is -4.53. The van der Waals surface area contributed by atoms with Crippen molar-refractivity contribution in [3.05, 3.63) is 29.8 Å². The van der Waals surface area contributed by atoms with Crippen molar-refractivity contribution < 1.29 is 22.8 Å². The number of rotatable bonds is 5. The van der Waals surface area contributed by atoms with Crippen molar-refractivity contribution in [2.75, 3.05) is 51.1 Å². The molecule has 2 amide bonds. The number of nitrogens with zero attached hydrogens (tertiary/aromatic N) is 2. The highest BCUT2D eigenvalue weighted by Crippen LogP contribution is 2.34. The van der Waals surface area contributed by atoms with Gasteiger partial charge in [0.1, 0.15) is 0 Å². The number of amides is 2. The first kappa shape index (κ1) is 26.5. The van der Waals surface area contributed by atoms with Crippen LogP contribution in [0.2, 0.25) is 0 Å². The van der Waals surface area contributed by atoms with Crippen LogP contribution in [0.4, 0.5) is 18.9 Å². The summed E-state index contributed by atoms with van der Waals surface area (Å²) < 4.78 is 39.1. The van der Waals surface area contributed by atoms with Crippen LogP contribution in [0.5, 0.6) is 0 Å². The molecule has 1 unspecified atom stereocenters. The first-order valence-electron chi connectivity index (χ1n) is 9.43. The predicted octanol–water partition coefficient (Wildman–Crippen LogP) is 2.49. The molecule has 2 aliphatic heterocycles. The minimum atomic E-state index is -4.53. The second-order valence-electron chi connectivity index (χ2n) is 7.40. The summed E-state index contributed by atoms with van der Waals surface area (Å²) in [5, 5.41) is 5.53. The number of para-hydroxylation sites is 1. The molecule has 2 heterocycles. The summed E-state index contributed by atoms with van der Waals surface area (Å²) in [7, 11) is 0. The molecule has 1 aromatic rings. The maximum atomic E-state index is 13.0. The molecule has 0 radical (unpaired) electrons. The highest BCUT2D eigenvalue weighted by Gasteiger charge is 2.34. The first-order valence-corrected chi connectivity index (χ1v) is 9.43. The van der Waals surface area contributed by atoms with Crippen LogP contribution < -0.4 is 10.6 Å². The number of benzene rings is 1. The molecule has 1 atom stereocenters. The van der Waals surface area contributed by atoms with Crippen LogP contribution in [0.25, 0.3) is 0 Å². The lowest BCUT2D eigenvalue weighted by Gasteiger charge is -2.39. The van der Waals surface area contributed by atoms with Crippen LogP contribution in [0, 0.1) is 11.8 Å². The molecule has 0 aliphatic carbocycles. The van der Waals surface area contributed by atoms with E-state index in [1.165, 1.54) is 18.2 Å². The molecule has 0 aromatic heterocycles. The summed E-state index contributed by atoms with van der Waals surface area (Å²) >= 11 is 0. The van der Waals surface area contributed by atoms with Crippen molar-refractivity contribution in [2.45, 2.75) is 13.1 Å². The van der Waals surface area contributed by atoms with Crippen LogP contribution in [0.15, 0.2) is 24.3 Å². The van der Waals surface area contributed by atoms with Crippen LogP contribution in [-0.4, -0.2) is 67.4 Å². The van der Waals surface area contributed by atoms with E-state index in [1.807, 2.05) is 16.7 Å². The molecule has 2 N–H and O–H groups in total. The Bertz CT molecular complexity index is 724. The van der Waals surface area contributed by atoms with Crippen molar-refractivity contribution in [1.29, 1.82) is 0 Å². The number of carbonyl (C=O) groups is 2. The van der Waals surface area contributed by atoms with Gasteiger partial charge in [-0.05, 0) is 31.1 Å². The van der Waals surface area contributed by atoms with Gasteiger partial charge in [-0.1, -0.05) is 19.1 Å². The number of nitrogens with one attached hydrogen (secondary N) is 2. The van der Waals surface area contributed by atoms with E-state index in [0.29, 0.717) is 32.1 Å². The normalized spacial score (nSPS) is 18.5. The Morgan fingerprint density at radius 1 is 1.13 bits per heavy atom. The van der Waals surface area contributed by atoms with Crippen LogP contribution in [0.1, 0.15) is 12.5 Å². The average Bonchev–Trinajstić information content (AvgIpc) is 2.59. The van der Waals surface area contributed by atoms with Gasteiger partial charge in [0.2, 0.25) is 11.8 Å². The molecular weight excluding hydrogens is 444 g/mol. The Morgan fingerprint density at radius 3 is 2.27 bits per heavy atom. The summed E-state index contributed by atoms with van der Waals surface area (Å²) in [5.74, 6) is 0.0000649. The minimum absolute atomic E-state index is 0. The molecular formula is C19H27Cl2F3N4O2. The maximum absolute atomic E-state index is 13.0. The zero-order valence-electron chi connectivity index (χ0n) is 16.6. The van der Waals surface area contributed by atoms with Crippen LogP contribution >= 0.6 is 24.8 Å². The standard InChI is InChI=1S/C19H25F3N4O2.2ClH/c1-13(14-10-23-11-14)18(28)26-8-6-25(7-9-26)12-17(27)24-16-5-3-2-4-15(16)19(20,21)22;;/h2-5,13-14,23H,6-12H2,1H3,(H,24,27);2*1H. The lowest BCUT2D eigenvalue weighted by molar-refractivity contribution is -0.139. The monoisotopic (exact) mass is 470 g/mol. The summed E-state index contributed by atoms with van der Waals surface area (Å²) in [5.41, 5.74) is -1.10. The van der Waals surface area contributed by atoms with Gasteiger partial charge in [0, 0.05) is 32.1 Å². The van der Waals surface area contributed by atoms with E-state index < -0.39 is 17.6 Å². The molecule has 0 spiro atoms. The van der Waals surface area contributed by atoms with Gasteiger partial charge < -0.3 is 15.5 Å². The average molecular weight is 471 g/mol. The molecule has 1 aromatic carbocycles. The Morgan fingerprint density at radius 2 is 1.73 bits per heavy atom. The van der Waals surface area contributed by atoms with E-state index in [0.717, 1.165) is 19.2 Å². The van der Waals surface area contributed by atoms with E-state index in [4.69, 9.17) is 0 Å². The fourth-order valence-corrected chi connectivity index (χ4v) is 3.51. The molecule has 2 aliphatic rings. The molecule has 2 saturated heterocycles. The van der Waals surface area contributed by atoms with Crippen molar-refractivity contribution in [2.24, 2.45) is 11.8 Å². The first-order chi connectivity index (χ1) is 13.3. The van der Waals surface area contributed by atoms with E-state index in [2.05, 4.69) is 10.6 Å². The summed E-state index contributed by atoms with van der Waals surface area (Å²) in [6, 6.07) is 4.93. The fraction of sp³-hybridized carbons (Fsp3) is 0.579. The van der Waals surface area contributed by atoms with Gasteiger partial charge in [0.25, 0.3) is 0 Å². The number of hydrogen-bond acceptors (Lipinski definition) is 4. The Hall–Kier alpha value is -1.55. The number of alkyl halides is 3. The lowest BCUT2D eigenvalue weighted by Crippen LogP contribution is -2.55.